The molecule has 2 rings (SSSR count). The van der Waals surface area contributed by atoms with Crippen LogP contribution >= 0.6 is 31.9 Å². The number of hydrogen-bond donors (Lipinski definition) is 1. The minimum Gasteiger partial charge on any atom is -0.494 e. The summed E-state index contributed by atoms with van der Waals surface area (Å²) in [6.45, 7) is 1.57. The van der Waals surface area contributed by atoms with Gasteiger partial charge in [-0.2, -0.15) is 0 Å². The first kappa shape index (κ1) is 13.6. The summed E-state index contributed by atoms with van der Waals surface area (Å²) in [4.78, 5) is 0. The Morgan fingerprint density at radius 1 is 1.17 bits per heavy atom. The van der Waals surface area contributed by atoms with Crippen molar-refractivity contribution in [2.24, 2.45) is 0 Å². The van der Waals surface area contributed by atoms with Gasteiger partial charge in [0.1, 0.15) is 5.75 Å². The molecule has 1 aromatic heterocycles. The Bertz CT molecular complexity index is 489. The normalized spacial score (nSPS) is 10.6. The SMILES string of the molecule is COc1c(Br)cc(CNCc2ccoc2)cc1Br. The van der Waals surface area contributed by atoms with Crippen LogP contribution in [-0.4, -0.2) is 7.11 Å². The second-order valence-corrected chi connectivity index (χ2v) is 5.54. The fraction of sp³-hybridized carbons (Fsp3) is 0.231. The smallest absolute Gasteiger partial charge is 0.147 e. The number of methoxy groups -OCH3 is 1. The molecule has 0 fully saturated rings. The lowest BCUT2D eigenvalue weighted by Crippen LogP contribution is -2.12. The molecule has 0 amide bonds. The van der Waals surface area contributed by atoms with Crippen LogP contribution in [0.3, 0.4) is 0 Å². The molecule has 0 spiro atoms. The predicted octanol–water partition coefficient (Wildman–Crippen LogP) is 4.10. The molecule has 96 valence electrons. The van der Waals surface area contributed by atoms with Gasteiger partial charge < -0.3 is 14.5 Å². The lowest BCUT2D eigenvalue weighted by molar-refractivity contribution is 0.409. The number of hydrogen-bond acceptors (Lipinski definition) is 3. The van der Waals surface area contributed by atoms with E-state index in [0.717, 1.165) is 33.3 Å². The van der Waals surface area contributed by atoms with E-state index in [4.69, 9.17) is 9.15 Å². The van der Waals surface area contributed by atoms with Crippen molar-refractivity contribution < 1.29 is 9.15 Å². The average Bonchev–Trinajstić information content (AvgIpc) is 2.82. The molecule has 0 bridgehead atoms. The highest BCUT2D eigenvalue weighted by molar-refractivity contribution is 9.11. The molecule has 0 saturated heterocycles. The molecule has 3 nitrogen and oxygen atoms in total. The monoisotopic (exact) mass is 373 g/mol. The highest BCUT2D eigenvalue weighted by Crippen LogP contribution is 2.34. The molecule has 0 saturated carbocycles. The first-order valence-electron chi connectivity index (χ1n) is 5.44. The maximum Gasteiger partial charge on any atom is 0.147 e. The number of rotatable bonds is 5. The van der Waals surface area contributed by atoms with Gasteiger partial charge in [-0.05, 0) is 55.6 Å². The van der Waals surface area contributed by atoms with Crippen LogP contribution in [0, 0.1) is 0 Å². The van der Waals surface area contributed by atoms with Crippen molar-refractivity contribution in [3.05, 3.63) is 50.8 Å². The zero-order valence-electron chi connectivity index (χ0n) is 9.87. The second-order valence-electron chi connectivity index (χ2n) is 3.83. The Labute approximate surface area is 123 Å². The van der Waals surface area contributed by atoms with Crippen LogP contribution in [0.2, 0.25) is 0 Å². The van der Waals surface area contributed by atoms with Gasteiger partial charge >= 0.3 is 0 Å². The Hall–Kier alpha value is -0.780. The highest BCUT2D eigenvalue weighted by Gasteiger charge is 2.07. The molecule has 0 aliphatic carbocycles. The van der Waals surface area contributed by atoms with Crippen molar-refractivity contribution in [3.63, 3.8) is 0 Å². The van der Waals surface area contributed by atoms with Gasteiger partial charge in [-0.25, -0.2) is 0 Å². The van der Waals surface area contributed by atoms with E-state index in [0.29, 0.717) is 0 Å². The van der Waals surface area contributed by atoms with Gasteiger partial charge in [0.25, 0.3) is 0 Å². The summed E-state index contributed by atoms with van der Waals surface area (Å²) in [5.74, 6) is 0.814. The summed E-state index contributed by atoms with van der Waals surface area (Å²) in [6, 6.07) is 6.05. The Kier molecular flexibility index (Phi) is 4.86. The van der Waals surface area contributed by atoms with Gasteiger partial charge in [-0.15, -0.1) is 0 Å². The molecule has 0 radical (unpaired) electrons. The van der Waals surface area contributed by atoms with Crippen LogP contribution in [0.5, 0.6) is 5.75 Å². The van der Waals surface area contributed by atoms with Crippen LogP contribution in [0.25, 0.3) is 0 Å². The first-order valence-corrected chi connectivity index (χ1v) is 7.03. The molecular formula is C13H13Br2NO2. The quantitative estimate of drug-likeness (QED) is 0.855. The van der Waals surface area contributed by atoms with Crippen molar-refractivity contribution in [2.45, 2.75) is 13.1 Å². The lowest BCUT2D eigenvalue weighted by atomic mass is 10.2. The zero-order chi connectivity index (χ0) is 13.0. The summed E-state index contributed by atoms with van der Waals surface area (Å²) in [7, 11) is 1.65. The second kappa shape index (κ2) is 6.41. The van der Waals surface area contributed by atoms with Gasteiger partial charge in [-0.3, -0.25) is 0 Å². The Morgan fingerprint density at radius 3 is 2.39 bits per heavy atom. The summed E-state index contributed by atoms with van der Waals surface area (Å²) in [5, 5.41) is 3.35. The van der Waals surface area contributed by atoms with E-state index in [-0.39, 0.29) is 0 Å². The Balaban J connectivity index is 1.97. The Morgan fingerprint density at radius 2 is 1.83 bits per heavy atom. The van der Waals surface area contributed by atoms with Gasteiger partial charge in [0.05, 0.1) is 28.6 Å². The molecule has 2 aromatic rings. The number of benzene rings is 1. The van der Waals surface area contributed by atoms with E-state index < -0.39 is 0 Å². The number of furan rings is 1. The fourth-order valence-corrected chi connectivity index (χ4v) is 3.26. The average molecular weight is 375 g/mol. The third-order valence-electron chi connectivity index (χ3n) is 2.50. The summed E-state index contributed by atoms with van der Waals surface area (Å²) in [6.07, 6.45) is 3.42. The van der Waals surface area contributed by atoms with Crippen molar-refractivity contribution >= 4 is 31.9 Å². The van der Waals surface area contributed by atoms with Crippen LogP contribution < -0.4 is 10.1 Å². The van der Waals surface area contributed by atoms with E-state index in [1.165, 1.54) is 5.56 Å². The first-order chi connectivity index (χ1) is 8.70. The molecule has 0 unspecified atom stereocenters. The molecule has 18 heavy (non-hydrogen) atoms. The van der Waals surface area contributed by atoms with Gasteiger partial charge in [0.2, 0.25) is 0 Å². The largest absolute Gasteiger partial charge is 0.494 e. The van der Waals surface area contributed by atoms with Gasteiger partial charge in [0.15, 0.2) is 0 Å². The van der Waals surface area contributed by atoms with Crippen LogP contribution in [0.15, 0.2) is 44.1 Å². The molecule has 1 heterocycles. The van der Waals surface area contributed by atoms with E-state index >= 15 is 0 Å². The topological polar surface area (TPSA) is 34.4 Å². The maximum absolute atomic E-state index is 5.27. The number of ether oxygens (including phenoxy) is 1. The van der Waals surface area contributed by atoms with Crippen LogP contribution in [0.4, 0.5) is 0 Å². The minimum atomic E-state index is 0.784. The third kappa shape index (κ3) is 3.37. The molecule has 1 N–H and O–H groups in total. The van der Waals surface area contributed by atoms with Crippen molar-refractivity contribution in [3.8, 4) is 5.75 Å². The van der Waals surface area contributed by atoms with E-state index in [9.17, 15) is 0 Å². The van der Waals surface area contributed by atoms with Crippen molar-refractivity contribution in [1.82, 2.24) is 5.32 Å². The minimum absolute atomic E-state index is 0.784. The highest BCUT2D eigenvalue weighted by atomic mass is 79.9. The number of nitrogens with one attached hydrogen (secondary N) is 1. The zero-order valence-corrected chi connectivity index (χ0v) is 13.0. The van der Waals surface area contributed by atoms with Crippen molar-refractivity contribution in [1.29, 1.82) is 0 Å². The summed E-state index contributed by atoms with van der Waals surface area (Å²) < 4.78 is 12.2. The summed E-state index contributed by atoms with van der Waals surface area (Å²) in [5.41, 5.74) is 2.32. The summed E-state index contributed by atoms with van der Waals surface area (Å²) >= 11 is 6.98. The predicted molar refractivity (Wildman–Crippen MR) is 77.6 cm³/mol. The van der Waals surface area contributed by atoms with Gasteiger partial charge in [-0.1, -0.05) is 0 Å². The molecule has 0 aliphatic heterocycles. The lowest BCUT2D eigenvalue weighted by Gasteiger charge is -2.09. The van der Waals surface area contributed by atoms with E-state index in [1.54, 1.807) is 19.6 Å². The number of halogens is 2. The molecule has 5 heteroatoms. The molecular weight excluding hydrogens is 362 g/mol. The van der Waals surface area contributed by atoms with Crippen LogP contribution in [0.1, 0.15) is 11.1 Å². The molecule has 0 aliphatic rings. The van der Waals surface area contributed by atoms with E-state index in [2.05, 4.69) is 37.2 Å². The standard InChI is InChI=1S/C13H13Br2NO2/c1-17-13-11(14)4-10(5-12(13)15)7-16-6-9-2-3-18-8-9/h2-5,8,16H,6-7H2,1H3. The van der Waals surface area contributed by atoms with Crippen molar-refractivity contribution in [2.75, 3.05) is 7.11 Å². The molecule has 1 aromatic carbocycles. The maximum atomic E-state index is 5.27. The molecule has 0 atom stereocenters. The third-order valence-corrected chi connectivity index (χ3v) is 3.68. The fourth-order valence-electron chi connectivity index (χ4n) is 1.65. The van der Waals surface area contributed by atoms with E-state index in [1.807, 2.05) is 18.2 Å². The van der Waals surface area contributed by atoms with Crippen LogP contribution in [-0.2, 0) is 13.1 Å². The van der Waals surface area contributed by atoms with Gasteiger partial charge in [0, 0.05) is 18.7 Å².